The molecule has 0 saturated carbocycles. The summed E-state index contributed by atoms with van der Waals surface area (Å²) < 4.78 is 5.43. The van der Waals surface area contributed by atoms with Crippen LogP contribution in [0.25, 0.3) is 0 Å². The maximum atomic E-state index is 11.0. The molecule has 0 bridgehead atoms. The molecule has 0 unspecified atom stereocenters. The molecular weight excluding hydrogens is 315 g/mol. The molecule has 0 atom stereocenters. The van der Waals surface area contributed by atoms with Crippen molar-refractivity contribution in [2.45, 2.75) is 6.61 Å². The van der Waals surface area contributed by atoms with Gasteiger partial charge in [-0.05, 0) is 24.3 Å². The van der Waals surface area contributed by atoms with Gasteiger partial charge in [0.2, 0.25) is 0 Å². The van der Waals surface area contributed by atoms with Crippen molar-refractivity contribution in [2.24, 2.45) is 0 Å². The van der Waals surface area contributed by atoms with E-state index in [0.717, 1.165) is 0 Å². The number of nitro benzene ring substituents is 1. The van der Waals surface area contributed by atoms with Crippen LogP contribution < -0.4 is 4.74 Å². The summed E-state index contributed by atoms with van der Waals surface area (Å²) >= 11 is 11.8. The molecule has 7 heteroatoms. The van der Waals surface area contributed by atoms with Gasteiger partial charge in [-0.2, -0.15) is 5.26 Å². The fraction of sp³-hybridized carbons (Fsp3) is 0.0714. The van der Waals surface area contributed by atoms with Crippen LogP contribution >= 0.6 is 23.2 Å². The lowest BCUT2D eigenvalue weighted by Gasteiger charge is -2.08. The van der Waals surface area contributed by atoms with E-state index in [0.29, 0.717) is 15.6 Å². The fourth-order valence-corrected chi connectivity index (χ4v) is 2.11. The molecule has 0 heterocycles. The summed E-state index contributed by atoms with van der Waals surface area (Å²) in [6, 6.07) is 10.7. The Hall–Kier alpha value is -2.29. The molecule has 0 aromatic heterocycles. The number of nitriles is 1. The Morgan fingerprint density at radius 1 is 1.24 bits per heavy atom. The van der Waals surface area contributed by atoms with E-state index in [2.05, 4.69) is 0 Å². The van der Waals surface area contributed by atoms with E-state index < -0.39 is 4.92 Å². The lowest BCUT2D eigenvalue weighted by Crippen LogP contribution is -2.00. The molecule has 0 amide bonds. The van der Waals surface area contributed by atoms with Crippen molar-refractivity contribution in [3.63, 3.8) is 0 Å². The van der Waals surface area contributed by atoms with Gasteiger partial charge in [-0.25, -0.2) is 0 Å². The highest BCUT2D eigenvalue weighted by atomic mass is 35.5. The summed E-state index contributed by atoms with van der Waals surface area (Å²) in [5.41, 5.74) is 0.581. The van der Waals surface area contributed by atoms with Crippen molar-refractivity contribution in [1.29, 1.82) is 5.26 Å². The highest BCUT2D eigenvalue weighted by Gasteiger charge is 2.16. The molecule has 0 aliphatic carbocycles. The fourth-order valence-electron chi connectivity index (χ4n) is 1.65. The molecule has 2 aromatic rings. The molecule has 0 N–H and O–H groups in total. The molecule has 0 spiro atoms. The van der Waals surface area contributed by atoms with Crippen molar-refractivity contribution in [3.8, 4) is 11.8 Å². The third-order valence-electron chi connectivity index (χ3n) is 2.68. The maximum Gasteiger partial charge on any atom is 0.312 e. The standard InChI is InChI=1S/C14H8Cl2N2O3/c15-11-3-2-10(12(16)6-11)8-21-14-4-1-9(7-17)5-13(14)18(19)20/h1-6H,8H2. The zero-order chi connectivity index (χ0) is 15.4. The second-order valence-corrected chi connectivity index (χ2v) is 4.92. The summed E-state index contributed by atoms with van der Waals surface area (Å²) in [7, 11) is 0. The average Bonchev–Trinajstić information content (AvgIpc) is 2.46. The minimum absolute atomic E-state index is 0.0583. The number of nitrogens with zero attached hydrogens (tertiary/aromatic N) is 2. The molecule has 0 fully saturated rings. The molecular formula is C14H8Cl2N2O3. The van der Waals surface area contributed by atoms with Gasteiger partial charge in [0.25, 0.3) is 0 Å². The monoisotopic (exact) mass is 322 g/mol. The van der Waals surface area contributed by atoms with E-state index in [-0.39, 0.29) is 23.6 Å². The molecule has 0 radical (unpaired) electrons. The molecule has 21 heavy (non-hydrogen) atoms. The minimum Gasteiger partial charge on any atom is -0.482 e. The molecule has 0 aliphatic heterocycles. The van der Waals surface area contributed by atoms with Gasteiger partial charge < -0.3 is 4.74 Å². The molecule has 2 aromatic carbocycles. The first-order chi connectivity index (χ1) is 10.0. The Bertz CT molecular complexity index is 741. The van der Waals surface area contributed by atoms with E-state index in [4.69, 9.17) is 33.2 Å². The van der Waals surface area contributed by atoms with Gasteiger partial charge in [-0.1, -0.05) is 29.3 Å². The van der Waals surface area contributed by atoms with Crippen molar-refractivity contribution in [1.82, 2.24) is 0 Å². The zero-order valence-electron chi connectivity index (χ0n) is 10.5. The Morgan fingerprint density at radius 2 is 2.00 bits per heavy atom. The van der Waals surface area contributed by atoms with Gasteiger partial charge >= 0.3 is 5.69 Å². The maximum absolute atomic E-state index is 11.0. The number of nitro groups is 1. The van der Waals surface area contributed by atoms with Crippen molar-refractivity contribution < 1.29 is 9.66 Å². The predicted molar refractivity (Wildman–Crippen MR) is 78.6 cm³/mol. The van der Waals surface area contributed by atoms with Gasteiger partial charge in [0, 0.05) is 21.7 Å². The highest BCUT2D eigenvalue weighted by molar-refractivity contribution is 6.35. The summed E-state index contributed by atoms with van der Waals surface area (Å²) in [6.07, 6.45) is 0. The van der Waals surface area contributed by atoms with Crippen molar-refractivity contribution in [3.05, 3.63) is 67.7 Å². The number of ether oxygens (including phenoxy) is 1. The van der Waals surface area contributed by atoms with E-state index in [1.54, 1.807) is 18.2 Å². The predicted octanol–water partition coefficient (Wildman–Crippen LogP) is 4.35. The van der Waals surface area contributed by atoms with E-state index >= 15 is 0 Å². The van der Waals surface area contributed by atoms with Gasteiger partial charge in [-0.15, -0.1) is 0 Å². The smallest absolute Gasteiger partial charge is 0.312 e. The normalized spacial score (nSPS) is 9.95. The lowest BCUT2D eigenvalue weighted by molar-refractivity contribution is -0.386. The van der Waals surface area contributed by atoms with Gasteiger partial charge in [0.1, 0.15) is 6.61 Å². The summed E-state index contributed by atoms with van der Waals surface area (Å²) in [5, 5.41) is 20.7. The van der Waals surface area contributed by atoms with Crippen LogP contribution in [0.2, 0.25) is 10.0 Å². The number of rotatable bonds is 4. The van der Waals surface area contributed by atoms with E-state index in [9.17, 15) is 10.1 Å². The summed E-state index contributed by atoms with van der Waals surface area (Å²) in [6.45, 7) is 0.0583. The quantitative estimate of drug-likeness (QED) is 0.619. The third kappa shape index (κ3) is 3.63. The largest absolute Gasteiger partial charge is 0.482 e. The van der Waals surface area contributed by atoms with Gasteiger partial charge in [-0.3, -0.25) is 10.1 Å². The lowest BCUT2D eigenvalue weighted by atomic mass is 10.2. The summed E-state index contributed by atoms with van der Waals surface area (Å²) in [5.74, 6) is 0.0741. The van der Waals surface area contributed by atoms with Crippen LogP contribution in [0.15, 0.2) is 36.4 Å². The van der Waals surface area contributed by atoms with Crippen molar-refractivity contribution in [2.75, 3.05) is 0 Å². The Balaban J connectivity index is 2.24. The first kappa shape index (κ1) is 15.1. The second kappa shape index (κ2) is 6.44. The summed E-state index contributed by atoms with van der Waals surface area (Å²) in [4.78, 5) is 10.4. The molecule has 2 rings (SSSR count). The molecule has 106 valence electrons. The van der Waals surface area contributed by atoms with E-state index in [1.807, 2.05) is 6.07 Å². The first-order valence-corrected chi connectivity index (χ1v) is 6.52. The third-order valence-corrected chi connectivity index (χ3v) is 3.27. The number of halogens is 2. The van der Waals surface area contributed by atoms with Gasteiger partial charge in [0.05, 0.1) is 16.6 Å². The van der Waals surface area contributed by atoms with Gasteiger partial charge in [0.15, 0.2) is 5.75 Å². The average molecular weight is 323 g/mol. The van der Waals surface area contributed by atoms with Crippen LogP contribution in [0.1, 0.15) is 11.1 Å². The number of hydrogen-bond acceptors (Lipinski definition) is 4. The Kier molecular flexibility index (Phi) is 4.63. The molecule has 0 aliphatic rings. The van der Waals surface area contributed by atoms with Crippen LogP contribution in [0, 0.1) is 21.4 Å². The van der Waals surface area contributed by atoms with Crippen LogP contribution in [-0.2, 0) is 6.61 Å². The van der Waals surface area contributed by atoms with Crippen LogP contribution in [0.3, 0.4) is 0 Å². The highest BCUT2D eigenvalue weighted by Crippen LogP contribution is 2.29. The molecule has 5 nitrogen and oxygen atoms in total. The Labute approximate surface area is 130 Å². The first-order valence-electron chi connectivity index (χ1n) is 5.76. The minimum atomic E-state index is -0.598. The Morgan fingerprint density at radius 3 is 2.62 bits per heavy atom. The molecule has 0 saturated heterocycles. The second-order valence-electron chi connectivity index (χ2n) is 4.08. The topological polar surface area (TPSA) is 76.2 Å². The van der Waals surface area contributed by atoms with Crippen LogP contribution in [0.4, 0.5) is 5.69 Å². The van der Waals surface area contributed by atoms with Crippen molar-refractivity contribution >= 4 is 28.9 Å². The van der Waals surface area contributed by atoms with Crippen LogP contribution in [0.5, 0.6) is 5.75 Å². The van der Waals surface area contributed by atoms with Crippen LogP contribution in [-0.4, -0.2) is 4.92 Å². The number of hydrogen-bond donors (Lipinski definition) is 0. The zero-order valence-corrected chi connectivity index (χ0v) is 12.1. The SMILES string of the molecule is N#Cc1ccc(OCc2ccc(Cl)cc2Cl)c([N+](=O)[O-])c1. The number of benzene rings is 2. The van der Waals surface area contributed by atoms with E-state index in [1.165, 1.54) is 18.2 Å².